The molecule has 0 aliphatic carbocycles. The van der Waals surface area contributed by atoms with Crippen molar-refractivity contribution in [1.29, 1.82) is 0 Å². The highest BCUT2D eigenvalue weighted by Crippen LogP contribution is 2.30. The van der Waals surface area contributed by atoms with Gasteiger partial charge in [0.05, 0.1) is 5.69 Å². The zero-order valence-corrected chi connectivity index (χ0v) is 19.2. The molecule has 3 N–H and O–H groups in total. The summed E-state index contributed by atoms with van der Waals surface area (Å²) < 4.78 is 1.91. The first-order valence-corrected chi connectivity index (χ1v) is 11.2. The van der Waals surface area contributed by atoms with E-state index < -0.39 is 5.91 Å². The van der Waals surface area contributed by atoms with E-state index in [0.29, 0.717) is 5.65 Å². The summed E-state index contributed by atoms with van der Waals surface area (Å²) in [5.74, 6) is -0.738. The van der Waals surface area contributed by atoms with E-state index in [1.54, 1.807) is 6.20 Å². The van der Waals surface area contributed by atoms with E-state index in [1.165, 1.54) is 23.9 Å². The maximum atomic E-state index is 12.9. The van der Waals surface area contributed by atoms with E-state index in [4.69, 9.17) is 0 Å². The van der Waals surface area contributed by atoms with Crippen LogP contribution in [0.2, 0.25) is 0 Å². The minimum absolute atomic E-state index is 0.0812. The van der Waals surface area contributed by atoms with Crippen molar-refractivity contribution in [2.75, 3.05) is 43.4 Å². The highest BCUT2D eigenvalue weighted by Gasteiger charge is 2.18. The van der Waals surface area contributed by atoms with Crippen molar-refractivity contribution in [2.24, 2.45) is 0 Å². The smallest absolute Gasteiger partial charge is 0.275 e. The van der Waals surface area contributed by atoms with Crippen LogP contribution in [0, 0.1) is 6.92 Å². The van der Waals surface area contributed by atoms with Gasteiger partial charge in [-0.15, -0.1) is 0 Å². The number of phenolic OH excluding ortho intramolecular Hbond substituents is 2. The number of aryl methyl sites for hydroxylation is 1. The second kappa shape index (κ2) is 8.72. The Kier molecular flexibility index (Phi) is 5.59. The molecule has 0 spiro atoms. The number of nitrogens with zero attached hydrogens (tertiary/aromatic N) is 4. The van der Waals surface area contributed by atoms with Crippen molar-refractivity contribution in [3.8, 4) is 22.6 Å². The molecule has 0 bridgehead atoms. The summed E-state index contributed by atoms with van der Waals surface area (Å²) in [6.07, 6.45) is 1.70. The van der Waals surface area contributed by atoms with Gasteiger partial charge in [-0.2, -0.15) is 0 Å². The Morgan fingerprint density at radius 3 is 2.56 bits per heavy atom. The van der Waals surface area contributed by atoms with Crippen LogP contribution in [0.25, 0.3) is 16.8 Å². The molecular weight excluding hydrogens is 430 g/mol. The molecule has 1 aliphatic heterocycles. The summed E-state index contributed by atoms with van der Waals surface area (Å²) >= 11 is 0. The molecule has 0 radical (unpaired) electrons. The summed E-state index contributed by atoms with van der Waals surface area (Å²) in [5.41, 5.74) is 5.23. The van der Waals surface area contributed by atoms with Gasteiger partial charge < -0.3 is 29.7 Å². The van der Waals surface area contributed by atoms with Gasteiger partial charge in [0.1, 0.15) is 22.8 Å². The molecule has 4 aromatic rings. The van der Waals surface area contributed by atoms with Crippen LogP contribution in [0.4, 0.5) is 11.4 Å². The zero-order chi connectivity index (χ0) is 23.8. The Morgan fingerprint density at radius 1 is 1.00 bits per heavy atom. The van der Waals surface area contributed by atoms with Gasteiger partial charge in [-0.05, 0) is 55.9 Å². The average molecular weight is 458 g/mol. The van der Waals surface area contributed by atoms with Gasteiger partial charge in [0.15, 0.2) is 0 Å². The highest BCUT2D eigenvalue weighted by atomic mass is 16.3. The molecule has 34 heavy (non-hydrogen) atoms. The van der Waals surface area contributed by atoms with Crippen LogP contribution in [0.3, 0.4) is 0 Å². The van der Waals surface area contributed by atoms with E-state index in [9.17, 15) is 15.0 Å². The molecule has 8 heteroatoms. The molecular formula is C26H27N5O3. The van der Waals surface area contributed by atoms with Crippen LogP contribution in [-0.4, -0.2) is 63.6 Å². The largest absolute Gasteiger partial charge is 0.508 e. The van der Waals surface area contributed by atoms with E-state index in [-0.39, 0.29) is 22.9 Å². The van der Waals surface area contributed by atoms with Gasteiger partial charge in [-0.25, -0.2) is 4.98 Å². The van der Waals surface area contributed by atoms with E-state index in [1.807, 2.05) is 23.5 Å². The normalized spacial score (nSPS) is 14.5. The second-order valence-electron chi connectivity index (χ2n) is 8.70. The van der Waals surface area contributed by atoms with Gasteiger partial charge in [0.25, 0.3) is 5.91 Å². The lowest BCUT2D eigenvalue weighted by atomic mass is 10.1. The molecule has 8 nitrogen and oxygen atoms in total. The number of aromatic nitrogens is 2. The fraction of sp³-hybridized carbons (Fsp3) is 0.231. The summed E-state index contributed by atoms with van der Waals surface area (Å²) in [4.78, 5) is 22.3. The van der Waals surface area contributed by atoms with Gasteiger partial charge in [-0.3, -0.25) is 4.79 Å². The Morgan fingerprint density at radius 2 is 1.79 bits per heavy atom. The second-order valence-corrected chi connectivity index (χ2v) is 8.70. The first-order chi connectivity index (χ1) is 16.4. The van der Waals surface area contributed by atoms with Crippen LogP contribution in [0.5, 0.6) is 11.5 Å². The number of nitrogens with one attached hydrogen (secondary N) is 1. The van der Waals surface area contributed by atoms with E-state index in [0.717, 1.165) is 43.0 Å². The van der Waals surface area contributed by atoms with Crippen LogP contribution in [-0.2, 0) is 0 Å². The molecule has 0 unspecified atom stereocenters. The topological polar surface area (TPSA) is 93.3 Å². The summed E-state index contributed by atoms with van der Waals surface area (Å²) in [6.45, 7) is 6.01. The van der Waals surface area contributed by atoms with Gasteiger partial charge in [0.2, 0.25) is 0 Å². The number of likely N-dealkylation sites (N-methyl/N-ethyl adjacent to an activating group) is 1. The number of hydrogen-bond donors (Lipinski definition) is 3. The molecule has 5 rings (SSSR count). The number of carbonyl (C=O) groups excluding carboxylic acids is 1. The first-order valence-electron chi connectivity index (χ1n) is 11.2. The Hall–Kier alpha value is -4.04. The number of piperazine rings is 1. The number of hydrogen-bond acceptors (Lipinski definition) is 6. The Bertz CT molecular complexity index is 1370. The predicted octanol–water partition coefficient (Wildman–Crippen LogP) is 3.73. The van der Waals surface area contributed by atoms with Crippen molar-refractivity contribution in [3.05, 3.63) is 72.2 Å². The highest BCUT2D eigenvalue weighted by molar-refractivity contribution is 6.04. The third kappa shape index (κ3) is 4.15. The number of rotatable bonds is 4. The molecule has 2 aromatic heterocycles. The van der Waals surface area contributed by atoms with E-state index in [2.05, 4.69) is 51.4 Å². The average Bonchev–Trinajstić information content (AvgIpc) is 3.28. The van der Waals surface area contributed by atoms with Crippen LogP contribution >= 0.6 is 0 Å². The number of fused-ring (bicyclic) bond motifs is 1. The number of phenols is 2. The fourth-order valence-corrected chi connectivity index (χ4v) is 4.28. The van der Waals surface area contributed by atoms with Crippen LogP contribution in [0.1, 0.15) is 16.2 Å². The molecule has 1 saturated heterocycles. The molecule has 1 fully saturated rings. The SMILES string of the molecule is Cc1ccc(-c2cccc(N3CCN(C)CC3)c2)c2nc(C(=O)Nc3ccc(O)cc3O)cn12. The quantitative estimate of drug-likeness (QED) is 0.319. The Labute approximate surface area is 197 Å². The molecule has 1 amide bonds. The molecule has 174 valence electrons. The molecule has 2 aromatic carbocycles. The van der Waals surface area contributed by atoms with Crippen LogP contribution in [0.15, 0.2) is 60.8 Å². The molecule has 0 saturated carbocycles. The lowest BCUT2D eigenvalue weighted by Crippen LogP contribution is -2.44. The summed E-state index contributed by atoms with van der Waals surface area (Å²) in [6, 6.07) is 16.5. The summed E-state index contributed by atoms with van der Waals surface area (Å²) in [7, 11) is 2.14. The first kappa shape index (κ1) is 21.8. The maximum absolute atomic E-state index is 12.9. The van der Waals surface area contributed by atoms with Crippen molar-refractivity contribution < 1.29 is 15.0 Å². The predicted molar refractivity (Wildman–Crippen MR) is 133 cm³/mol. The lowest BCUT2D eigenvalue weighted by molar-refractivity contribution is 0.102. The third-order valence-corrected chi connectivity index (χ3v) is 6.31. The molecule has 1 aliphatic rings. The van der Waals surface area contributed by atoms with E-state index >= 15 is 0 Å². The van der Waals surface area contributed by atoms with Crippen molar-refractivity contribution in [1.82, 2.24) is 14.3 Å². The van der Waals surface area contributed by atoms with Gasteiger partial charge in [0, 0.05) is 55.4 Å². The molecule has 0 atom stereocenters. The fourth-order valence-electron chi connectivity index (χ4n) is 4.28. The van der Waals surface area contributed by atoms with Gasteiger partial charge in [-0.1, -0.05) is 12.1 Å². The molecule has 3 heterocycles. The number of benzene rings is 2. The Balaban J connectivity index is 1.48. The maximum Gasteiger partial charge on any atom is 0.275 e. The number of pyridine rings is 1. The monoisotopic (exact) mass is 457 g/mol. The van der Waals surface area contributed by atoms with Gasteiger partial charge >= 0.3 is 0 Å². The minimum atomic E-state index is -0.443. The van der Waals surface area contributed by atoms with Crippen molar-refractivity contribution in [2.45, 2.75) is 6.92 Å². The number of amides is 1. The standard InChI is InChI=1S/C26H27N5O3/c1-17-6-8-21(18-4-3-5-19(14-18)30-12-10-29(2)11-13-30)25-27-23(16-31(17)25)26(34)28-22-9-7-20(32)15-24(22)33/h3-9,14-16,32-33H,10-13H2,1-2H3,(H,28,34). The minimum Gasteiger partial charge on any atom is -0.508 e. The van der Waals surface area contributed by atoms with Crippen molar-refractivity contribution >= 4 is 22.9 Å². The number of anilines is 2. The number of aromatic hydroxyl groups is 2. The number of imidazole rings is 1. The lowest BCUT2D eigenvalue weighted by Gasteiger charge is -2.34. The summed E-state index contributed by atoms with van der Waals surface area (Å²) in [5, 5.41) is 22.1. The zero-order valence-electron chi connectivity index (χ0n) is 19.2. The van der Waals surface area contributed by atoms with Crippen molar-refractivity contribution in [3.63, 3.8) is 0 Å². The third-order valence-electron chi connectivity index (χ3n) is 6.31. The number of carbonyl (C=O) groups is 1. The van der Waals surface area contributed by atoms with Crippen LogP contribution < -0.4 is 10.2 Å².